The summed E-state index contributed by atoms with van der Waals surface area (Å²) in [6, 6.07) is 9.27. The molecule has 3 aromatic heterocycles. The SMILES string of the molecule is CN(C)c1ncnc2c1nc(-c1cccc(F)c1)n2-c1ccc(=O)[nH]c1.Cl. The van der Waals surface area contributed by atoms with Crippen LogP contribution in [0.15, 0.2) is 53.7 Å². The second kappa shape index (κ2) is 7.16. The van der Waals surface area contributed by atoms with E-state index in [4.69, 9.17) is 0 Å². The number of hydrogen-bond donors (Lipinski definition) is 1. The highest BCUT2D eigenvalue weighted by Crippen LogP contribution is 2.30. The molecule has 0 atom stereocenters. The molecule has 0 fully saturated rings. The first kappa shape index (κ1) is 18.5. The van der Waals surface area contributed by atoms with Gasteiger partial charge in [-0.1, -0.05) is 12.1 Å². The van der Waals surface area contributed by atoms with E-state index in [0.717, 1.165) is 0 Å². The topological polar surface area (TPSA) is 79.7 Å². The zero-order valence-corrected chi connectivity index (χ0v) is 15.4. The molecule has 9 heteroatoms. The smallest absolute Gasteiger partial charge is 0.248 e. The van der Waals surface area contributed by atoms with Crippen molar-refractivity contribution in [3.63, 3.8) is 0 Å². The van der Waals surface area contributed by atoms with Crippen LogP contribution in [-0.2, 0) is 0 Å². The van der Waals surface area contributed by atoms with Gasteiger partial charge < -0.3 is 9.88 Å². The van der Waals surface area contributed by atoms with Gasteiger partial charge in [-0.25, -0.2) is 19.3 Å². The van der Waals surface area contributed by atoms with E-state index in [-0.39, 0.29) is 23.8 Å². The van der Waals surface area contributed by atoms with Gasteiger partial charge in [-0.05, 0) is 18.2 Å². The maximum atomic E-state index is 13.8. The van der Waals surface area contributed by atoms with Crippen LogP contribution in [0.4, 0.5) is 10.2 Å². The summed E-state index contributed by atoms with van der Waals surface area (Å²) in [5, 5.41) is 0. The van der Waals surface area contributed by atoms with E-state index < -0.39 is 0 Å². The van der Waals surface area contributed by atoms with Crippen LogP contribution in [0.5, 0.6) is 0 Å². The van der Waals surface area contributed by atoms with Gasteiger partial charge in [-0.15, -0.1) is 12.4 Å². The highest BCUT2D eigenvalue weighted by Gasteiger charge is 2.19. The number of aromatic nitrogens is 5. The molecule has 27 heavy (non-hydrogen) atoms. The standard InChI is InChI=1S/C18H15FN6O.ClH/c1-24(2)17-15-18(22-10-21-17)25(13-6-7-14(26)20-9-13)16(23-15)11-4-3-5-12(19)8-11;/h3-10H,1-2H3,(H,20,26);1H. The zero-order chi connectivity index (χ0) is 18.3. The van der Waals surface area contributed by atoms with E-state index >= 15 is 0 Å². The fourth-order valence-electron chi connectivity index (χ4n) is 2.81. The first-order valence-corrected chi connectivity index (χ1v) is 7.90. The van der Waals surface area contributed by atoms with Gasteiger partial charge in [0.2, 0.25) is 5.56 Å². The Morgan fingerprint density at radius 2 is 1.96 bits per heavy atom. The van der Waals surface area contributed by atoms with Crippen molar-refractivity contribution in [2.45, 2.75) is 0 Å². The normalized spacial score (nSPS) is 10.6. The summed E-state index contributed by atoms with van der Waals surface area (Å²) in [6.45, 7) is 0. The van der Waals surface area contributed by atoms with E-state index in [9.17, 15) is 9.18 Å². The largest absolute Gasteiger partial charge is 0.361 e. The fraction of sp³-hybridized carbons (Fsp3) is 0.111. The summed E-state index contributed by atoms with van der Waals surface area (Å²) in [5.74, 6) is 0.799. The molecule has 0 aliphatic carbocycles. The van der Waals surface area contributed by atoms with Crippen molar-refractivity contribution in [1.82, 2.24) is 24.5 Å². The molecule has 0 aliphatic heterocycles. The minimum absolute atomic E-state index is 0. The van der Waals surface area contributed by atoms with Crippen LogP contribution in [0.2, 0.25) is 0 Å². The van der Waals surface area contributed by atoms with Gasteiger partial charge in [-0.2, -0.15) is 0 Å². The molecule has 7 nitrogen and oxygen atoms in total. The third kappa shape index (κ3) is 3.26. The van der Waals surface area contributed by atoms with Crippen LogP contribution in [0.1, 0.15) is 0 Å². The molecule has 3 heterocycles. The molecule has 0 saturated heterocycles. The molecule has 0 unspecified atom stereocenters. The molecule has 4 aromatic rings. The lowest BCUT2D eigenvalue weighted by molar-refractivity contribution is 0.628. The van der Waals surface area contributed by atoms with Crippen molar-refractivity contribution in [1.29, 1.82) is 0 Å². The molecule has 1 aromatic carbocycles. The summed E-state index contributed by atoms with van der Waals surface area (Å²) in [7, 11) is 3.73. The number of hydrogen-bond acceptors (Lipinski definition) is 5. The van der Waals surface area contributed by atoms with Crippen molar-refractivity contribution in [3.8, 4) is 17.1 Å². The van der Waals surface area contributed by atoms with Crippen molar-refractivity contribution in [2.75, 3.05) is 19.0 Å². The van der Waals surface area contributed by atoms with Gasteiger partial charge in [0.1, 0.15) is 18.0 Å². The number of benzene rings is 1. The lowest BCUT2D eigenvalue weighted by Crippen LogP contribution is -2.11. The Hall–Kier alpha value is -3.26. The average Bonchev–Trinajstić information content (AvgIpc) is 3.02. The van der Waals surface area contributed by atoms with Crippen LogP contribution in [0, 0.1) is 5.82 Å². The van der Waals surface area contributed by atoms with Crippen LogP contribution < -0.4 is 10.5 Å². The Morgan fingerprint density at radius 3 is 2.63 bits per heavy atom. The van der Waals surface area contributed by atoms with E-state index in [2.05, 4.69) is 19.9 Å². The predicted octanol–water partition coefficient (Wildman–Crippen LogP) is 2.80. The number of nitrogens with one attached hydrogen (secondary N) is 1. The lowest BCUT2D eigenvalue weighted by Gasteiger charge is -2.11. The van der Waals surface area contributed by atoms with Gasteiger partial charge in [-0.3, -0.25) is 9.36 Å². The number of halogens is 2. The molecule has 1 N–H and O–H groups in total. The monoisotopic (exact) mass is 386 g/mol. The van der Waals surface area contributed by atoms with Gasteiger partial charge >= 0.3 is 0 Å². The number of imidazole rings is 1. The number of rotatable bonds is 3. The maximum Gasteiger partial charge on any atom is 0.248 e. The van der Waals surface area contributed by atoms with Crippen LogP contribution >= 0.6 is 12.4 Å². The van der Waals surface area contributed by atoms with Gasteiger partial charge in [0.15, 0.2) is 17.0 Å². The lowest BCUT2D eigenvalue weighted by atomic mass is 10.2. The summed E-state index contributed by atoms with van der Waals surface area (Å²) in [4.78, 5) is 29.3. The molecule has 4 rings (SSSR count). The van der Waals surface area contributed by atoms with E-state index in [0.29, 0.717) is 34.1 Å². The van der Waals surface area contributed by atoms with Gasteiger partial charge in [0, 0.05) is 31.9 Å². The first-order valence-electron chi connectivity index (χ1n) is 7.90. The third-order valence-corrected chi connectivity index (χ3v) is 3.96. The summed E-state index contributed by atoms with van der Waals surface area (Å²) in [5.41, 5.74) is 2.20. The van der Waals surface area contributed by atoms with Gasteiger partial charge in [0.25, 0.3) is 0 Å². The molecule has 0 saturated carbocycles. The maximum absolute atomic E-state index is 13.8. The molecular formula is C18H16ClFN6O. The summed E-state index contributed by atoms with van der Waals surface area (Å²) >= 11 is 0. The second-order valence-electron chi connectivity index (χ2n) is 5.96. The number of pyridine rings is 1. The minimum atomic E-state index is -0.360. The predicted molar refractivity (Wildman–Crippen MR) is 104 cm³/mol. The first-order chi connectivity index (χ1) is 12.5. The Labute approximate surface area is 159 Å². The van der Waals surface area contributed by atoms with Crippen molar-refractivity contribution in [3.05, 3.63) is 65.1 Å². The van der Waals surface area contributed by atoms with E-state index in [1.165, 1.54) is 24.5 Å². The Kier molecular flexibility index (Phi) is 4.91. The van der Waals surface area contributed by atoms with Crippen LogP contribution in [-0.4, -0.2) is 38.6 Å². The molecular weight excluding hydrogens is 371 g/mol. The number of aromatic amines is 1. The molecule has 138 valence electrons. The van der Waals surface area contributed by atoms with E-state index in [1.54, 1.807) is 29.0 Å². The molecule has 0 bridgehead atoms. The molecule has 0 radical (unpaired) electrons. The number of nitrogens with zero attached hydrogens (tertiary/aromatic N) is 5. The van der Waals surface area contributed by atoms with Gasteiger partial charge in [0.05, 0.1) is 5.69 Å². The molecule has 0 spiro atoms. The summed E-state index contributed by atoms with van der Waals surface area (Å²) < 4.78 is 15.6. The van der Waals surface area contributed by atoms with Crippen molar-refractivity contribution in [2.24, 2.45) is 0 Å². The summed E-state index contributed by atoms with van der Waals surface area (Å²) in [6.07, 6.45) is 3.03. The number of fused-ring (bicyclic) bond motifs is 1. The Morgan fingerprint density at radius 1 is 1.15 bits per heavy atom. The Balaban J connectivity index is 0.00000210. The molecule has 0 aliphatic rings. The minimum Gasteiger partial charge on any atom is -0.361 e. The zero-order valence-electron chi connectivity index (χ0n) is 14.5. The quantitative estimate of drug-likeness (QED) is 0.585. The van der Waals surface area contributed by atoms with E-state index in [1.807, 2.05) is 19.0 Å². The fourth-order valence-corrected chi connectivity index (χ4v) is 2.81. The van der Waals surface area contributed by atoms with Crippen LogP contribution in [0.3, 0.4) is 0 Å². The van der Waals surface area contributed by atoms with Crippen molar-refractivity contribution < 1.29 is 4.39 Å². The number of H-pyrrole nitrogens is 1. The van der Waals surface area contributed by atoms with Crippen molar-refractivity contribution >= 4 is 29.4 Å². The highest BCUT2D eigenvalue weighted by atomic mass is 35.5. The third-order valence-electron chi connectivity index (χ3n) is 3.96. The van der Waals surface area contributed by atoms with Crippen LogP contribution in [0.25, 0.3) is 28.2 Å². The number of anilines is 1. The highest BCUT2D eigenvalue weighted by molar-refractivity contribution is 5.88. The second-order valence-corrected chi connectivity index (χ2v) is 5.96. The molecule has 0 amide bonds. The Bertz CT molecular complexity index is 1150. The average molecular weight is 387 g/mol.